The normalized spacial score (nSPS) is 18.4. The monoisotopic (exact) mass is 625 g/mol. The molecule has 0 aromatic heterocycles. The van der Waals surface area contributed by atoms with E-state index in [0.717, 1.165) is 17.0 Å². The fraction of sp³-hybridized carbons (Fsp3) is 0.269. The summed E-state index contributed by atoms with van der Waals surface area (Å²) in [7, 11) is 0. The van der Waals surface area contributed by atoms with Crippen LogP contribution < -0.4 is 0 Å². The molecule has 39 heavy (non-hydrogen) atoms. The Labute approximate surface area is 224 Å². The van der Waals surface area contributed by atoms with Gasteiger partial charge >= 0.3 is 24.6 Å². The number of benzene rings is 3. The van der Waals surface area contributed by atoms with Gasteiger partial charge in [-0.1, -0.05) is 34.1 Å². The first-order valence-corrected chi connectivity index (χ1v) is 12.0. The van der Waals surface area contributed by atoms with Crippen molar-refractivity contribution in [2.45, 2.75) is 44.1 Å². The summed E-state index contributed by atoms with van der Waals surface area (Å²) >= 11 is 3.29. The van der Waals surface area contributed by atoms with Crippen molar-refractivity contribution in [1.82, 2.24) is 4.90 Å². The zero-order chi connectivity index (χ0) is 28.9. The van der Waals surface area contributed by atoms with Gasteiger partial charge in [-0.2, -0.15) is 39.5 Å². The van der Waals surface area contributed by atoms with Crippen LogP contribution in [0.3, 0.4) is 0 Å². The summed E-state index contributed by atoms with van der Waals surface area (Å²) in [5.41, 5.74) is -3.80. The van der Waals surface area contributed by atoms with Crippen LogP contribution in [0.4, 0.5) is 44.3 Å². The van der Waals surface area contributed by atoms with E-state index in [1.165, 1.54) is 13.0 Å². The van der Waals surface area contributed by atoms with Crippen molar-refractivity contribution in [2.75, 3.05) is 0 Å². The van der Waals surface area contributed by atoms with Crippen LogP contribution in [-0.2, 0) is 29.8 Å². The molecule has 0 saturated carbocycles. The number of nitrogens with zero attached hydrogens (tertiary/aromatic N) is 1. The summed E-state index contributed by atoms with van der Waals surface area (Å²) in [6.45, 7) is 0.878. The Balaban J connectivity index is 1.74. The molecule has 1 heterocycles. The Hall–Kier alpha value is -3.22. The molecule has 3 nitrogen and oxygen atoms in total. The van der Waals surface area contributed by atoms with Gasteiger partial charge in [-0.3, -0.25) is 4.90 Å². The topological polar surface area (TPSA) is 29.5 Å². The van der Waals surface area contributed by atoms with Gasteiger partial charge in [-0.15, -0.1) is 0 Å². The van der Waals surface area contributed by atoms with E-state index in [0.29, 0.717) is 27.7 Å². The quantitative estimate of drug-likeness (QED) is 0.270. The van der Waals surface area contributed by atoms with Gasteiger partial charge in [0.05, 0.1) is 29.3 Å². The Morgan fingerprint density at radius 3 is 1.92 bits per heavy atom. The number of amides is 1. The Morgan fingerprint density at radius 2 is 1.38 bits per heavy atom. The zero-order valence-electron chi connectivity index (χ0n) is 19.7. The van der Waals surface area contributed by atoms with Crippen LogP contribution in [0, 0.1) is 0 Å². The van der Waals surface area contributed by atoms with Crippen molar-refractivity contribution in [1.29, 1.82) is 0 Å². The van der Waals surface area contributed by atoms with Crippen molar-refractivity contribution in [3.8, 4) is 11.1 Å². The molecule has 1 saturated heterocycles. The van der Waals surface area contributed by atoms with Gasteiger partial charge in [0.1, 0.15) is 6.10 Å². The van der Waals surface area contributed by atoms with Crippen LogP contribution in [0.2, 0.25) is 0 Å². The van der Waals surface area contributed by atoms with Crippen LogP contribution in [0.1, 0.15) is 40.8 Å². The van der Waals surface area contributed by atoms with Gasteiger partial charge in [0.15, 0.2) is 0 Å². The first-order valence-electron chi connectivity index (χ1n) is 11.2. The second kappa shape index (κ2) is 10.1. The Kier molecular flexibility index (Phi) is 7.43. The van der Waals surface area contributed by atoms with Gasteiger partial charge in [0, 0.05) is 4.47 Å². The SMILES string of the molecule is C[C@H]1[C@@H](c2cc(C(F)(F)F)cc(C(F)(F)F)c2)OC(=O)N1Cc1cc(C(F)(F)F)ccc1-c1cccc(Br)c1. The minimum Gasteiger partial charge on any atom is -0.439 e. The predicted molar refractivity (Wildman–Crippen MR) is 125 cm³/mol. The molecule has 3 aromatic carbocycles. The van der Waals surface area contributed by atoms with Crippen LogP contribution in [-0.4, -0.2) is 17.0 Å². The van der Waals surface area contributed by atoms with Crippen molar-refractivity contribution in [3.63, 3.8) is 0 Å². The van der Waals surface area contributed by atoms with Crippen LogP contribution in [0.5, 0.6) is 0 Å². The summed E-state index contributed by atoms with van der Waals surface area (Å²) in [5.74, 6) is 0. The summed E-state index contributed by atoms with van der Waals surface area (Å²) in [5, 5.41) is 0. The molecule has 0 unspecified atom stereocenters. The number of halogens is 10. The van der Waals surface area contributed by atoms with E-state index in [1.807, 2.05) is 0 Å². The fourth-order valence-electron chi connectivity index (χ4n) is 4.32. The Bertz CT molecular complexity index is 1370. The smallest absolute Gasteiger partial charge is 0.416 e. The standard InChI is InChI=1S/C26H17BrF9NO2/c1-13-22(15-7-18(25(31,32)33)11-19(8-15)26(34,35)36)39-23(38)37(13)12-16-9-17(24(28,29)30)5-6-21(16)14-3-2-4-20(27)10-14/h2-11,13,22H,12H2,1H3/t13-,22-/m0/s1. The molecule has 1 aliphatic heterocycles. The molecule has 13 heteroatoms. The van der Waals surface area contributed by atoms with Crippen LogP contribution in [0.25, 0.3) is 11.1 Å². The first-order chi connectivity index (χ1) is 17.9. The zero-order valence-corrected chi connectivity index (χ0v) is 21.3. The molecule has 208 valence electrons. The van der Waals surface area contributed by atoms with E-state index >= 15 is 0 Å². The molecule has 2 atom stereocenters. The average molecular weight is 626 g/mol. The molecular formula is C26H17BrF9NO2. The average Bonchev–Trinajstić information content (AvgIpc) is 3.10. The molecule has 1 fully saturated rings. The third-order valence-electron chi connectivity index (χ3n) is 6.24. The predicted octanol–water partition coefficient (Wildman–Crippen LogP) is 9.25. The number of carbonyl (C=O) groups is 1. The first kappa shape index (κ1) is 28.8. The third kappa shape index (κ3) is 6.18. The molecule has 3 aromatic rings. The van der Waals surface area contributed by atoms with Crippen molar-refractivity contribution in [2.24, 2.45) is 0 Å². The van der Waals surface area contributed by atoms with E-state index in [4.69, 9.17) is 4.74 Å². The largest absolute Gasteiger partial charge is 0.439 e. The van der Waals surface area contributed by atoms with E-state index < -0.39 is 65.6 Å². The number of hydrogen-bond donors (Lipinski definition) is 0. The maximum atomic E-state index is 13.5. The van der Waals surface area contributed by atoms with Gasteiger partial charge in [-0.05, 0) is 71.6 Å². The van der Waals surface area contributed by atoms with Gasteiger partial charge in [0.25, 0.3) is 0 Å². The molecule has 4 rings (SSSR count). The van der Waals surface area contributed by atoms with E-state index in [2.05, 4.69) is 15.9 Å². The minimum absolute atomic E-state index is 0.0460. The van der Waals surface area contributed by atoms with Crippen molar-refractivity contribution in [3.05, 3.63) is 93.0 Å². The highest BCUT2D eigenvalue weighted by atomic mass is 79.9. The summed E-state index contributed by atoms with van der Waals surface area (Å²) in [6, 6.07) is 9.32. The molecule has 0 aliphatic carbocycles. The highest BCUT2D eigenvalue weighted by molar-refractivity contribution is 9.10. The second-order valence-electron chi connectivity index (χ2n) is 8.89. The van der Waals surface area contributed by atoms with E-state index in [1.54, 1.807) is 24.3 Å². The highest BCUT2D eigenvalue weighted by Crippen LogP contribution is 2.42. The lowest BCUT2D eigenvalue weighted by atomic mass is 9.95. The number of carbonyl (C=O) groups excluding carboxylic acids is 1. The van der Waals surface area contributed by atoms with Crippen LogP contribution >= 0.6 is 15.9 Å². The van der Waals surface area contributed by atoms with E-state index in [-0.39, 0.29) is 11.6 Å². The maximum absolute atomic E-state index is 13.5. The molecule has 0 radical (unpaired) electrons. The molecule has 1 aliphatic rings. The van der Waals surface area contributed by atoms with E-state index in [9.17, 15) is 44.3 Å². The summed E-state index contributed by atoms with van der Waals surface area (Å²) in [4.78, 5) is 13.7. The van der Waals surface area contributed by atoms with Crippen molar-refractivity contribution >= 4 is 22.0 Å². The number of rotatable bonds is 4. The van der Waals surface area contributed by atoms with Crippen molar-refractivity contribution < 1.29 is 49.0 Å². The molecule has 1 amide bonds. The molecular weight excluding hydrogens is 609 g/mol. The number of cyclic esters (lactones) is 1. The van der Waals surface area contributed by atoms with Gasteiger partial charge in [-0.25, -0.2) is 4.79 Å². The highest BCUT2D eigenvalue weighted by Gasteiger charge is 2.43. The van der Waals surface area contributed by atoms with Crippen LogP contribution in [0.15, 0.2) is 65.1 Å². The molecule has 0 N–H and O–H groups in total. The second-order valence-corrected chi connectivity index (χ2v) is 9.81. The lowest BCUT2D eigenvalue weighted by Crippen LogP contribution is -2.32. The number of alkyl halides is 9. The van der Waals surface area contributed by atoms with Gasteiger partial charge < -0.3 is 4.74 Å². The minimum atomic E-state index is -5.11. The third-order valence-corrected chi connectivity index (χ3v) is 6.73. The molecule has 0 bridgehead atoms. The summed E-state index contributed by atoms with van der Waals surface area (Å²) in [6.07, 6.45) is -17.6. The fourth-order valence-corrected chi connectivity index (χ4v) is 4.72. The lowest BCUT2D eigenvalue weighted by Gasteiger charge is -2.24. The molecule has 0 spiro atoms. The van der Waals surface area contributed by atoms with Gasteiger partial charge in [0.2, 0.25) is 0 Å². The Morgan fingerprint density at radius 1 is 0.795 bits per heavy atom. The lowest BCUT2D eigenvalue weighted by molar-refractivity contribution is -0.143. The summed E-state index contributed by atoms with van der Waals surface area (Å²) < 4.78 is 126. The number of hydrogen-bond acceptors (Lipinski definition) is 2. The maximum Gasteiger partial charge on any atom is 0.416 e. The number of ether oxygens (including phenoxy) is 1.